The van der Waals surface area contributed by atoms with Crippen LogP contribution in [0, 0.1) is 12.8 Å². The summed E-state index contributed by atoms with van der Waals surface area (Å²) in [6, 6.07) is 12.5. The summed E-state index contributed by atoms with van der Waals surface area (Å²) in [6.07, 6.45) is 6.90. The monoisotopic (exact) mass is 580 g/mol. The predicted octanol–water partition coefficient (Wildman–Crippen LogP) is 5.84. The summed E-state index contributed by atoms with van der Waals surface area (Å²) in [5.41, 5.74) is 9.89. The van der Waals surface area contributed by atoms with Crippen molar-refractivity contribution in [1.29, 1.82) is 0 Å². The lowest BCUT2D eigenvalue weighted by molar-refractivity contribution is -0.139. The Labute approximate surface area is 249 Å². The summed E-state index contributed by atoms with van der Waals surface area (Å²) in [4.78, 5) is 40.1. The molecular formula is C33H45ClN4O3. The van der Waals surface area contributed by atoms with Gasteiger partial charge < -0.3 is 21.3 Å². The van der Waals surface area contributed by atoms with Gasteiger partial charge in [-0.2, -0.15) is 0 Å². The van der Waals surface area contributed by atoms with Crippen LogP contribution in [0.25, 0.3) is 0 Å². The van der Waals surface area contributed by atoms with Gasteiger partial charge in [-0.25, -0.2) is 0 Å². The minimum Gasteiger partial charge on any atom is -0.397 e. The molecule has 4 unspecified atom stereocenters. The second kappa shape index (κ2) is 15.1. The highest BCUT2D eigenvalue weighted by Gasteiger charge is 2.38. The third-order valence-electron chi connectivity index (χ3n) is 7.95. The van der Waals surface area contributed by atoms with Crippen LogP contribution >= 0.6 is 11.6 Å². The molecule has 7 nitrogen and oxygen atoms in total. The number of rotatable bonds is 8. The number of likely N-dealkylation sites (tertiary alicyclic amines) is 1. The Morgan fingerprint density at radius 1 is 1.17 bits per heavy atom. The van der Waals surface area contributed by atoms with Crippen LogP contribution in [-0.4, -0.2) is 47.3 Å². The molecule has 2 aromatic carbocycles. The van der Waals surface area contributed by atoms with E-state index >= 15 is 0 Å². The van der Waals surface area contributed by atoms with Crippen molar-refractivity contribution in [2.45, 2.75) is 90.8 Å². The van der Waals surface area contributed by atoms with Crippen LogP contribution in [0.3, 0.4) is 0 Å². The van der Waals surface area contributed by atoms with Crippen LogP contribution < -0.4 is 16.4 Å². The summed E-state index contributed by atoms with van der Waals surface area (Å²) in [6.45, 7) is 12.2. The second-order valence-corrected chi connectivity index (χ2v) is 11.8. The lowest BCUT2D eigenvalue weighted by Gasteiger charge is -2.28. The number of benzene rings is 2. The molecule has 4 N–H and O–H groups in total. The minimum atomic E-state index is -0.775. The number of nitrogens with one attached hydrogen (secondary N) is 2. The molecule has 0 bridgehead atoms. The molecule has 2 aromatic rings. The molecule has 1 heterocycles. The summed E-state index contributed by atoms with van der Waals surface area (Å²) >= 11 is 6.08. The molecule has 8 heteroatoms. The molecule has 1 saturated carbocycles. The molecule has 4 rings (SSSR count). The molecule has 0 radical (unpaired) electrons. The molecular weight excluding hydrogens is 536 g/mol. The van der Waals surface area contributed by atoms with E-state index in [1.165, 1.54) is 30.9 Å². The van der Waals surface area contributed by atoms with E-state index in [4.69, 9.17) is 17.3 Å². The molecule has 2 fully saturated rings. The lowest BCUT2D eigenvalue weighted by atomic mass is 10.1. The molecule has 1 aliphatic heterocycles. The number of nitrogens with two attached hydrogens (primary N) is 1. The zero-order valence-electron chi connectivity index (χ0n) is 24.8. The van der Waals surface area contributed by atoms with Crippen molar-refractivity contribution >= 4 is 35.0 Å². The van der Waals surface area contributed by atoms with E-state index in [-0.39, 0.29) is 17.9 Å². The molecule has 1 saturated heterocycles. The van der Waals surface area contributed by atoms with E-state index in [9.17, 15) is 14.4 Å². The molecule has 0 aromatic heterocycles. The smallest absolute Gasteiger partial charge is 0.251 e. The van der Waals surface area contributed by atoms with E-state index in [1.54, 1.807) is 24.8 Å². The third kappa shape index (κ3) is 8.83. The van der Waals surface area contributed by atoms with Crippen LogP contribution in [0.2, 0.25) is 5.02 Å². The van der Waals surface area contributed by atoms with Gasteiger partial charge in [-0.3, -0.25) is 14.4 Å². The molecule has 4 atom stereocenters. The third-order valence-corrected chi connectivity index (χ3v) is 8.26. The maximum absolute atomic E-state index is 13.0. The normalized spacial score (nSPS) is 20.7. The summed E-state index contributed by atoms with van der Waals surface area (Å²) in [7, 11) is 0. The molecule has 2 aliphatic rings. The van der Waals surface area contributed by atoms with Crippen molar-refractivity contribution in [2.75, 3.05) is 12.3 Å². The van der Waals surface area contributed by atoms with Crippen molar-refractivity contribution in [3.63, 3.8) is 0 Å². The molecule has 222 valence electrons. The fourth-order valence-electron chi connectivity index (χ4n) is 5.47. The Bertz CT molecular complexity index is 1210. The Morgan fingerprint density at radius 2 is 1.88 bits per heavy atom. The summed E-state index contributed by atoms with van der Waals surface area (Å²) in [5, 5.41) is 6.12. The van der Waals surface area contributed by atoms with Crippen molar-refractivity contribution in [3.8, 4) is 0 Å². The van der Waals surface area contributed by atoms with Gasteiger partial charge in [0.15, 0.2) is 0 Å². The highest BCUT2D eigenvalue weighted by atomic mass is 35.5. The lowest BCUT2D eigenvalue weighted by Crippen LogP contribution is -2.54. The zero-order valence-corrected chi connectivity index (χ0v) is 25.6. The molecule has 41 heavy (non-hydrogen) atoms. The number of halogens is 1. The van der Waals surface area contributed by atoms with Gasteiger partial charge in [0.2, 0.25) is 11.8 Å². The number of hydrogen-bond donors (Lipinski definition) is 3. The van der Waals surface area contributed by atoms with Crippen molar-refractivity contribution < 1.29 is 14.4 Å². The van der Waals surface area contributed by atoms with Crippen LogP contribution in [-0.2, 0) is 16.0 Å². The standard InChI is InChI=1S/C23H31ClN4O3.C10H14/c1-12-8-13(2)18(9-12)27-22(30)19-6-5-7-28(19)23(31)15(4)26-21(29)16-10-14(3)20(25)17(24)11-16;1-2-3-7-10-8-5-4-6-9-10/h10-11,13,15,18-19H,1,5-9,25H2,2-4H3,(H,26,29)(H,27,30);4-6,8-9H,2-3,7H2,1H3. The largest absolute Gasteiger partial charge is 0.397 e. The summed E-state index contributed by atoms with van der Waals surface area (Å²) < 4.78 is 0. The summed E-state index contributed by atoms with van der Waals surface area (Å²) in [5.74, 6) is -0.468. The zero-order chi connectivity index (χ0) is 30.1. The van der Waals surface area contributed by atoms with E-state index < -0.39 is 18.0 Å². The Hall–Kier alpha value is -3.32. The minimum absolute atomic E-state index is 0.0631. The van der Waals surface area contributed by atoms with Gasteiger partial charge in [0, 0.05) is 18.2 Å². The first-order valence-corrected chi connectivity index (χ1v) is 15.1. The fourth-order valence-corrected chi connectivity index (χ4v) is 5.74. The maximum atomic E-state index is 13.0. The van der Waals surface area contributed by atoms with Gasteiger partial charge >= 0.3 is 0 Å². The first-order chi connectivity index (χ1) is 19.5. The van der Waals surface area contributed by atoms with Gasteiger partial charge in [-0.15, -0.1) is 0 Å². The Balaban J connectivity index is 0.000000389. The number of unbranched alkanes of at least 4 members (excludes halogenated alkanes) is 1. The van der Waals surface area contributed by atoms with Gasteiger partial charge in [0.05, 0.1) is 10.7 Å². The van der Waals surface area contributed by atoms with Gasteiger partial charge in [0.1, 0.15) is 12.1 Å². The molecule has 1 aliphatic carbocycles. The van der Waals surface area contributed by atoms with Crippen LogP contribution in [0.15, 0.2) is 54.6 Å². The second-order valence-electron chi connectivity index (χ2n) is 11.4. The van der Waals surface area contributed by atoms with Crippen LogP contribution in [0.5, 0.6) is 0 Å². The van der Waals surface area contributed by atoms with Crippen LogP contribution in [0.1, 0.15) is 80.8 Å². The van der Waals surface area contributed by atoms with E-state index in [2.05, 4.69) is 61.4 Å². The SMILES string of the molecule is C=C1CC(C)C(NC(=O)C2CCCN2C(=O)C(C)NC(=O)c2cc(C)c(N)c(Cl)c2)C1.CCCCc1ccccc1. The average molecular weight is 581 g/mol. The van der Waals surface area contributed by atoms with Gasteiger partial charge in [-0.1, -0.05) is 74.4 Å². The number of aryl methyl sites for hydroxylation is 2. The first-order valence-electron chi connectivity index (χ1n) is 14.7. The predicted molar refractivity (Wildman–Crippen MR) is 167 cm³/mol. The maximum Gasteiger partial charge on any atom is 0.251 e. The number of amides is 3. The highest BCUT2D eigenvalue weighted by molar-refractivity contribution is 6.33. The Kier molecular flexibility index (Phi) is 11.8. The topological polar surface area (TPSA) is 105 Å². The number of carbonyl (C=O) groups excluding carboxylic acids is 3. The quantitative estimate of drug-likeness (QED) is 0.269. The van der Waals surface area contributed by atoms with E-state index in [1.807, 2.05) is 0 Å². The van der Waals surface area contributed by atoms with Crippen LogP contribution in [0.4, 0.5) is 5.69 Å². The number of hydrogen-bond acceptors (Lipinski definition) is 4. The molecule has 0 spiro atoms. The van der Waals surface area contributed by atoms with Crippen molar-refractivity contribution in [2.24, 2.45) is 5.92 Å². The van der Waals surface area contributed by atoms with Gasteiger partial charge in [-0.05, 0) is 81.5 Å². The first kappa shape index (κ1) is 32.2. The average Bonchev–Trinajstić information content (AvgIpc) is 3.56. The van der Waals surface area contributed by atoms with Gasteiger partial charge in [0.25, 0.3) is 5.91 Å². The Morgan fingerprint density at radius 3 is 2.49 bits per heavy atom. The number of anilines is 1. The molecule has 3 amide bonds. The number of nitrogens with zero attached hydrogens (tertiary/aromatic N) is 1. The van der Waals surface area contributed by atoms with Crippen molar-refractivity contribution in [1.82, 2.24) is 15.5 Å². The number of nitrogen functional groups attached to an aromatic ring is 1. The van der Waals surface area contributed by atoms with Crippen molar-refractivity contribution in [3.05, 3.63) is 76.3 Å². The van der Waals surface area contributed by atoms with E-state index in [0.717, 1.165) is 24.8 Å². The van der Waals surface area contributed by atoms with E-state index in [0.29, 0.717) is 40.7 Å². The highest BCUT2D eigenvalue weighted by Crippen LogP contribution is 2.30. The number of carbonyl (C=O) groups is 3. The fraction of sp³-hybridized carbons (Fsp3) is 0.485.